The highest BCUT2D eigenvalue weighted by atomic mass is 32.2. The summed E-state index contributed by atoms with van der Waals surface area (Å²) in [5, 5.41) is 0. The van der Waals surface area contributed by atoms with Gasteiger partial charge >= 0.3 is 0 Å². The molecule has 0 aliphatic heterocycles. The van der Waals surface area contributed by atoms with Gasteiger partial charge < -0.3 is 17.2 Å². The summed E-state index contributed by atoms with van der Waals surface area (Å²) in [4.78, 5) is 3.39. The molecule has 0 saturated carbocycles. The van der Waals surface area contributed by atoms with Gasteiger partial charge in [-0.25, -0.2) is 4.98 Å². The highest BCUT2D eigenvalue weighted by Crippen LogP contribution is 2.16. The van der Waals surface area contributed by atoms with E-state index in [1.54, 1.807) is 0 Å². The molecule has 7 nitrogen and oxygen atoms in total. The third-order valence-electron chi connectivity index (χ3n) is 1.30. The summed E-state index contributed by atoms with van der Waals surface area (Å²) < 4.78 is 25.9. The first-order valence-electron chi connectivity index (χ1n) is 3.50. The first-order valence-corrected chi connectivity index (χ1v) is 4.94. The number of nitrogen functional groups attached to an aromatic ring is 1. The van der Waals surface area contributed by atoms with Crippen LogP contribution in [0.25, 0.3) is 0 Å². The number of pyridine rings is 1. The van der Waals surface area contributed by atoms with E-state index in [-0.39, 0.29) is 10.7 Å². The highest BCUT2D eigenvalue weighted by Gasteiger charge is 2.16. The van der Waals surface area contributed by atoms with Crippen molar-refractivity contribution in [1.82, 2.24) is 4.98 Å². The Morgan fingerprint density at radius 2 is 2.07 bits per heavy atom. The molecular weight excluding hydrogens is 206 g/mol. The lowest BCUT2D eigenvalue weighted by atomic mass is 10.5. The third kappa shape index (κ3) is 2.10. The van der Waals surface area contributed by atoms with Gasteiger partial charge in [-0.3, -0.25) is 0 Å². The maximum Gasteiger partial charge on any atom is 0.289 e. The molecule has 0 saturated heterocycles. The number of guanidine groups is 1. The molecule has 0 amide bonds. The van der Waals surface area contributed by atoms with Gasteiger partial charge in [0.1, 0.15) is 10.7 Å². The van der Waals surface area contributed by atoms with Crippen LogP contribution in [-0.4, -0.2) is 19.4 Å². The molecule has 0 aliphatic rings. The minimum absolute atomic E-state index is 0.141. The molecule has 0 unspecified atom stereocenters. The van der Waals surface area contributed by atoms with Crippen LogP contribution >= 0.6 is 0 Å². The van der Waals surface area contributed by atoms with Gasteiger partial charge in [0.05, 0.1) is 0 Å². The summed E-state index contributed by atoms with van der Waals surface area (Å²) in [6, 6.07) is 2.69. The minimum Gasteiger partial charge on any atom is -0.383 e. The lowest BCUT2D eigenvalue weighted by Crippen LogP contribution is -2.24. The maximum atomic E-state index is 11.4. The fraction of sp³-hybridized carbons (Fsp3) is 0. The average molecular weight is 215 g/mol. The van der Waals surface area contributed by atoms with Gasteiger partial charge in [-0.2, -0.15) is 8.42 Å². The van der Waals surface area contributed by atoms with Gasteiger partial charge in [0.2, 0.25) is 5.96 Å². The van der Waals surface area contributed by atoms with Crippen molar-refractivity contribution in [3.63, 3.8) is 0 Å². The van der Waals surface area contributed by atoms with E-state index in [9.17, 15) is 8.42 Å². The van der Waals surface area contributed by atoms with E-state index in [1.165, 1.54) is 18.3 Å². The Kier molecular flexibility index (Phi) is 2.56. The molecule has 14 heavy (non-hydrogen) atoms. The quantitative estimate of drug-likeness (QED) is 0.411. The molecule has 0 spiro atoms. The summed E-state index contributed by atoms with van der Waals surface area (Å²) in [6.45, 7) is 0. The number of aromatic nitrogens is 1. The Bertz CT molecular complexity index is 463. The molecular formula is C6H9N5O2S. The number of sulfonamides is 1. The van der Waals surface area contributed by atoms with E-state index in [2.05, 4.69) is 9.38 Å². The summed E-state index contributed by atoms with van der Waals surface area (Å²) in [7, 11) is -3.94. The number of anilines is 1. The number of nitrogens with two attached hydrogens (primary N) is 3. The van der Waals surface area contributed by atoms with Crippen LogP contribution in [0.3, 0.4) is 0 Å². The van der Waals surface area contributed by atoms with Crippen molar-refractivity contribution in [2.45, 2.75) is 4.90 Å². The number of hydrogen-bond acceptors (Lipinski definition) is 4. The van der Waals surface area contributed by atoms with E-state index in [4.69, 9.17) is 17.2 Å². The molecule has 1 aromatic rings. The Balaban J connectivity index is 3.32. The first-order chi connectivity index (χ1) is 6.43. The second-order valence-electron chi connectivity index (χ2n) is 2.38. The van der Waals surface area contributed by atoms with Crippen LogP contribution in [0.1, 0.15) is 0 Å². The van der Waals surface area contributed by atoms with Crippen LogP contribution in [0, 0.1) is 0 Å². The summed E-state index contributed by atoms with van der Waals surface area (Å²) >= 11 is 0. The van der Waals surface area contributed by atoms with Crippen LogP contribution in [0.5, 0.6) is 0 Å². The van der Waals surface area contributed by atoms with Crippen LogP contribution in [0.4, 0.5) is 5.82 Å². The van der Waals surface area contributed by atoms with Crippen molar-refractivity contribution >= 4 is 21.8 Å². The SMILES string of the molecule is NC(N)=NS(=O)(=O)c1cccnc1N. The van der Waals surface area contributed by atoms with Crippen LogP contribution in [-0.2, 0) is 10.0 Å². The molecule has 8 heteroatoms. The van der Waals surface area contributed by atoms with Gasteiger partial charge in [0.25, 0.3) is 10.0 Å². The largest absolute Gasteiger partial charge is 0.383 e. The van der Waals surface area contributed by atoms with E-state index < -0.39 is 16.0 Å². The second-order valence-corrected chi connectivity index (χ2v) is 3.95. The molecule has 1 rings (SSSR count). The molecule has 1 aromatic heterocycles. The van der Waals surface area contributed by atoms with E-state index in [0.29, 0.717) is 0 Å². The number of nitrogens with zero attached hydrogens (tertiary/aromatic N) is 2. The summed E-state index contributed by atoms with van der Waals surface area (Å²) in [5.74, 6) is -0.689. The number of rotatable bonds is 2. The third-order valence-corrected chi connectivity index (χ3v) is 2.66. The van der Waals surface area contributed by atoms with E-state index in [1.807, 2.05) is 0 Å². The Labute approximate surface area is 80.7 Å². The Hall–Kier alpha value is -1.83. The predicted molar refractivity (Wildman–Crippen MR) is 51.6 cm³/mol. The topological polar surface area (TPSA) is 137 Å². The zero-order chi connectivity index (χ0) is 10.8. The minimum atomic E-state index is -3.94. The zero-order valence-electron chi connectivity index (χ0n) is 7.08. The van der Waals surface area contributed by atoms with Gasteiger partial charge in [0, 0.05) is 6.20 Å². The predicted octanol–water partition coefficient (Wildman–Crippen LogP) is -1.37. The van der Waals surface area contributed by atoms with Gasteiger partial charge in [-0.05, 0) is 12.1 Å². The fourth-order valence-corrected chi connectivity index (χ4v) is 1.75. The van der Waals surface area contributed by atoms with E-state index >= 15 is 0 Å². The lowest BCUT2D eigenvalue weighted by Gasteiger charge is -2.00. The monoisotopic (exact) mass is 215 g/mol. The smallest absolute Gasteiger partial charge is 0.289 e. The second kappa shape index (κ2) is 3.50. The van der Waals surface area contributed by atoms with Crippen molar-refractivity contribution in [3.8, 4) is 0 Å². The molecule has 0 fully saturated rings. The zero-order valence-corrected chi connectivity index (χ0v) is 7.90. The molecule has 0 bridgehead atoms. The fourth-order valence-electron chi connectivity index (χ4n) is 0.809. The first kappa shape index (κ1) is 10.3. The van der Waals surface area contributed by atoms with Crippen LogP contribution < -0.4 is 17.2 Å². The molecule has 6 N–H and O–H groups in total. The van der Waals surface area contributed by atoms with Crippen molar-refractivity contribution in [1.29, 1.82) is 0 Å². The molecule has 76 valence electrons. The molecule has 0 aliphatic carbocycles. The number of hydrogen-bond donors (Lipinski definition) is 3. The molecule has 0 aromatic carbocycles. The van der Waals surface area contributed by atoms with Crippen LogP contribution in [0.2, 0.25) is 0 Å². The lowest BCUT2D eigenvalue weighted by molar-refractivity contribution is 0.598. The summed E-state index contributed by atoms with van der Waals surface area (Å²) in [5.41, 5.74) is 15.2. The van der Waals surface area contributed by atoms with Gasteiger partial charge in [0.15, 0.2) is 0 Å². The van der Waals surface area contributed by atoms with Crippen molar-refractivity contribution in [2.24, 2.45) is 15.9 Å². The van der Waals surface area contributed by atoms with Crippen molar-refractivity contribution < 1.29 is 8.42 Å². The highest BCUT2D eigenvalue weighted by molar-refractivity contribution is 7.90. The van der Waals surface area contributed by atoms with Gasteiger partial charge in [-0.1, -0.05) is 0 Å². The van der Waals surface area contributed by atoms with Crippen molar-refractivity contribution in [3.05, 3.63) is 18.3 Å². The Morgan fingerprint density at radius 3 is 2.57 bits per heavy atom. The van der Waals surface area contributed by atoms with E-state index in [0.717, 1.165) is 0 Å². The molecule has 0 atom stereocenters. The Morgan fingerprint density at radius 1 is 1.43 bits per heavy atom. The molecule has 1 heterocycles. The van der Waals surface area contributed by atoms with Crippen LogP contribution in [0.15, 0.2) is 27.6 Å². The molecule has 0 radical (unpaired) electrons. The van der Waals surface area contributed by atoms with Gasteiger partial charge in [-0.15, -0.1) is 4.40 Å². The normalized spacial score (nSPS) is 10.9. The average Bonchev–Trinajstić information content (AvgIpc) is 2.02. The maximum absolute atomic E-state index is 11.4. The summed E-state index contributed by atoms with van der Waals surface area (Å²) in [6.07, 6.45) is 1.36. The van der Waals surface area contributed by atoms with Crippen molar-refractivity contribution in [2.75, 3.05) is 5.73 Å². The standard InChI is InChI=1S/C6H9N5O2S/c7-5-4(2-1-3-10-5)14(12,13)11-6(8)9/h1-3H,(H2,7,10)(H4,8,9,11).